The molecular weight excluding hydrogens is 380 g/mol. The average Bonchev–Trinajstić information content (AvgIpc) is 3.13. The molecule has 0 spiro atoms. The van der Waals surface area contributed by atoms with Gasteiger partial charge in [0.15, 0.2) is 15.0 Å². The van der Waals surface area contributed by atoms with E-state index in [2.05, 4.69) is 17.0 Å². The predicted molar refractivity (Wildman–Crippen MR) is 110 cm³/mol. The Morgan fingerprint density at radius 2 is 1.85 bits per heavy atom. The fraction of sp³-hybridized carbons (Fsp3) is 0.350. The second kappa shape index (κ2) is 7.56. The van der Waals surface area contributed by atoms with Crippen LogP contribution in [-0.2, 0) is 22.1 Å². The molecule has 0 amide bonds. The number of amidine groups is 1. The number of hydrogen-bond acceptors (Lipinski definition) is 6. The van der Waals surface area contributed by atoms with Crippen molar-refractivity contribution in [1.82, 2.24) is 4.90 Å². The number of sulfone groups is 1. The highest BCUT2D eigenvalue weighted by atomic mass is 32.2. The number of para-hydroxylation sites is 1. The number of nitrogens with zero attached hydrogens (tertiary/aromatic N) is 2. The third-order valence-electron chi connectivity index (χ3n) is 4.96. The fourth-order valence-electron chi connectivity index (χ4n) is 3.63. The third-order valence-corrected chi connectivity index (χ3v) is 7.73. The molecule has 0 N–H and O–H groups in total. The molecule has 5 nitrogen and oxygen atoms in total. The van der Waals surface area contributed by atoms with E-state index in [9.17, 15) is 8.42 Å². The number of methoxy groups -OCH3 is 1. The highest BCUT2D eigenvalue weighted by Gasteiger charge is 2.46. The van der Waals surface area contributed by atoms with Crippen LogP contribution in [0.5, 0.6) is 5.75 Å². The van der Waals surface area contributed by atoms with Crippen molar-refractivity contribution >= 4 is 26.8 Å². The molecule has 0 radical (unpaired) electrons. The molecule has 0 aliphatic carbocycles. The van der Waals surface area contributed by atoms with Crippen LogP contribution in [0, 0.1) is 0 Å². The monoisotopic (exact) mass is 402 g/mol. The van der Waals surface area contributed by atoms with Crippen molar-refractivity contribution in [2.24, 2.45) is 4.99 Å². The molecule has 2 atom stereocenters. The van der Waals surface area contributed by atoms with E-state index >= 15 is 0 Å². The van der Waals surface area contributed by atoms with Gasteiger partial charge in [-0.1, -0.05) is 60.3 Å². The summed E-state index contributed by atoms with van der Waals surface area (Å²) in [6, 6.07) is 17.9. The van der Waals surface area contributed by atoms with Gasteiger partial charge in [0.2, 0.25) is 0 Å². The zero-order chi connectivity index (χ0) is 18.9. The summed E-state index contributed by atoms with van der Waals surface area (Å²) in [5, 5.41) is 0.926. The maximum atomic E-state index is 12.1. The maximum Gasteiger partial charge on any atom is 0.160 e. The van der Waals surface area contributed by atoms with Gasteiger partial charge in [0, 0.05) is 17.9 Å². The summed E-state index contributed by atoms with van der Waals surface area (Å²) in [4.78, 5) is 6.93. The van der Waals surface area contributed by atoms with E-state index in [4.69, 9.17) is 9.73 Å². The summed E-state index contributed by atoms with van der Waals surface area (Å²) in [5.74, 6) is 1.95. The third kappa shape index (κ3) is 3.99. The summed E-state index contributed by atoms with van der Waals surface area (Å²) in [6.45, 7) is 0.599. The predicted octanol–water partition coefficient (Wildman–Crippen LogP) is 2.97. The van der Waals surface area contributed by atoms with Crippen molar-refractivity contribution in [3.8, 4) is 5.75 Å². The van der Waals surface area contributed by atoms with E-state index < -0.39 is 9.84 Å². The van der Waals surface area contributed by atoms with Crippen LogP contribution < -0.4 is 4.74 Å². The minimum atomic E-state index is -3.03. The van der Waals surface area contributed by atoms with Gasteiger partial charge < -0.3 is 9.64 Å². The Bertz CT molecular complexity index is 945. The Morgan fingerprint density at radius 1 is 1.11 bits per heavy atom. The van der Waals surface area contributed by atoms with Crippen molar-refractivity contribution in [2.75, 3.05) is 18.6 Å². The molecule has 1 fully saturated rings. The lowest BCUT2D eigenvalue weighted by molar-refractivity contribution is 0.332. The Balaban J connectivity index is 1.58. The first kappa shape index (κ1) is 18.4. The second-order valence-corrected chi connectivity index (χ2v) is 9.93. The summed E-state index contributed by atoms with van der Waals surface area (Å²) in [6.07, 6.45) is 0. The molecule has 2 aromatic carbocycles. The highest BCUT2D eigenvalue weighted by Crippen LogP contribution is 2.34. The fourth-order valence-corrected chi connectivity index (χ4v) is 6.57. The van der Waals surface area contributed by atoms with Crippen molar-refractivity contribution in [1.29, 1.82) is 0 Å². The van der Waals surface area contributed by atoms with Crippen molar-refractivity contribution in [3.05, 3.63) is 65.7 Å². The largest absolute Gasteiger partial charge is 0.496 e. The number of hydrogen-bond donors (Lipinski definition) is 0. The van der Waals surface area contributed by atoms with E-state index in [0.29, 0.717) is 6.54 Å². The van der Waals surface area contributed by atoms with Crippen LogP contribution >= 0.6 is 11.8 Å². The van der Waals surface area contributed by atoms with Gasteiger partial charge in [-0.05, 0) is 11.6 Å². The molecule has 0 aromatic heterocycles. The van der Waals surface area contributed by atoms with Gasteiger partial charge in [0.05, 0.1) is 30.7 Å². The van der Waals surface area contributed by atoms with Gasteiger partial charge in [0.1, 0.15) is 5.75 Å². The van der Waals surface area contributed by atoms with Gasteiger partial charge in [0.25, 0.3) is 0 Å². The summed E-state index contributed by atoms with van der Waals surface area (Å²) in [5.41, 5.74) is 2.27. The number of rotatable bonds is 5. The molecule has 142 valence electrons. The summed E-state index contributed by atoms with van der Waals surface area (Å²) in [7, 11) is -1.37. The first-order valence-corrected chi connectivity index (χ1v) is 11.7. The molecule has 0 bridgehead atoms. The smallest absolute Gasteiger partial charge is 0.160 e. The first-order chi connectivity index (χ1) is 13.1. The van der Waals surface area contributed by atoms with Crippen LogP contribution in [0.25, 0.3) is 0 Å². The molecule has 27 heavy (non-hydrogen) atoms. The molecule has 0 saturated carbocycles. The van der Waals surface area contributed by atoms with E-state index in [1.165, 1.54) is 5.56 Å². The Labute approximate surface area is 164 Å². The van der Waals surface area contributed by atoms with Crippen LogP contribution in [0.4, 0.5) is 0 Å². The topological polar surface area (TPSA) is 59.0 Å². The minimum absolute atomic E-state index is 0.0850. The average molecular weight is 403 g/mol. The van der Waals surface area contributed by atoms with Gasteiger partial charge in [-0.3, -0.25) is 4.99 Å². The number of aliphatic imine (C=N–C) groups is 1. The number of benzene rings is 2. The summed E-state index contributed by atoms with van der Waals surface area (Å²) < 4.78 is 29.7. The Kier molecular flexibility index (Phi) is 5.14. The van der Waals surface area contributed by atoms with Gasteiger partial charge in [-0.15, -0.1) is 0 Å². The van der Waals surface area contributed by atoms with E-state index in [-0.39, 0.29) is 23.6 Å². The zero-order valence-corrected chi connectivity index (χ0v) is 16.7. The number of ether oxygens (including phenoxy) is 1. The van der Waals surface area contributed by atoms with Gasteiger partial charge >= 0.3 is 0 Å². The second-order valence-electron chi connectivity index (χ2n) is 6.84. The Morgan fingerprint density at radius 3 is 2.63 bits per heavy atom. The number of thioether (sulfide) groups is 1. The van der Waals surface area contributed by atoms with Crippen LogP contribution in [0.1, 0.15) is 11.1 Å². The van der Waals surface area contributed by atoms with E-state index in [1.807, 2.05) is 42.5 Å². The molecular formula is C20H22N2O3S2. The lowest BCUT2D eigenvalue weighted by atomic mass is 10.1. The minimum Gasteiger partial charge on any atom is -0.496 e. The number of fused-ring (bicyclic) bond motifs is 1. The molecule has 2 aliphatic heterocycles. The SMILES string of the molecule is COc1ccccc1CN1C(SCc2ccccc2)=N[C@@H]2CS(=O)(=O)C[C@H]21. The van der Waals surface area contributed by atoms with Crippen molar-refractivity contribution in [2.45, 2.75) is 24.4 Å². The van der Waals surface area contributed by atoms with Gasteiger partial charge in [-0.2, -0.15) is 0 Å². The molecule has 2 aromatic rings. The van der Waals surface area contributed by atoms with Crippen LogP contribution in [0.2, 0.25) is 0 Å². The Hall–Kier alpha value is -1.99. The quantitative estimate of drug-likeness (QED) is 0.770. The van der Waals surface area contributed by atoms with Crippen LogP contribution in [0.15, 0.2) is 59.6 Å². The van der Waals surface area contributed by atoms with Crippen LogP contribution in [-0.4, -0.2) is 49.2 Å². The van der Waals surface area contributed by atoms with Gasteiger partial charge in [-0.25, -0.2) is 8.42 Å². The first-order valence-electron chi connectivity index (χ1n) is 8.89. The molecule has 1 saturated heterocycles. The molecule has 7 heteroatoms. The zero-order valence-electron chi connectivity index (χ0n) is 15.1. The van der Waals surface area contributed by atoms with E-state index in [0.717, 1.165) is 22.2 Å². The maximum absolute atomic E-state index is 12.1. The van der Waals surface area contributed by atoms with Crippen molar-refractivity contribution in [3.63, 3.8) is 0 Å². The van der Waals surface area contributed by atoms with E-state index in [1.54, 1.807) is 18.9 Å². The van der Waals surface area contributed by atoms with Crippen molar-refractivity contribution < 1.29 is 13.2 Å². The lowest BCUT2D eigenvalue weighted by Gasteiger charge is -2.27. The van der Waals surface area contributed by atoms with Crippen LogP contribution in [0.3, 0.4) is 0 Å². The molecule has 2 aliphatic rings. The molecule has 4 rings (SSSR count). The highest BCUT2D eigenvalue weighted by molar-refractivity contribution is 8.13. The molecule has 0 unspecified atom stereocenters. The molecule has 2 heterocycles. The normalized spacial score (nSPS) is 23.1. The summed E-state index contributed by atoms with van der Waals surface area (Å²) >= 11 is 1.68. The standard InChI is InChI=1S/C20H22N2O3S2/c1-25-19-10-6-5-9-16(19)11-22-18-14-27(23,24)13-17(18)21-20(22)26-12-15-7-3-2-4-8-15/h2-10,17-18H,11-14H2,1H3/t17-,18-/m1/s1. The lowest BCUT2D eigenvalue weighted by Crippen LogP contribution is -2.38.